The Labute approximate surface area is 232 Å². The Bertz CT molecular complexity index is 1450. The third-order valence-electron chi connectivity index (χ3n) is 6.51. The average molecular weight is 571 g/mol. The number of aromatic nitrogens is 2. The number of anilines is 2. The van der Waals surface area contributed by atoms with E-state index in [1.807, 2.05) is 44.2 Å². The van der Waals surface area contributed by atoms with Gasteiger partial charge in [-0.25, -0.2) is 8.42 Å². The highest BCUT2D eigenvalue weighted by Crippen LogP contribution is 2.38. The molecule has 3 heterocycles. The first-order valence-corrected chi connectivity index (χ1v) is 14.0. The van der Waals surface area contributed by atoms with Gasteiger partial charge in [-0.2, -0.15) is 9.97 Å². The monoisotopic (exact) mass is 570 g/mol. The number of nitrogens with zero attached hydrogens (tertiary/aromatic N) is 3. The largest absolute Gasteiger partial charge is 0.481 e. The first-order valence-electron chi connectivity index (χ1n) is 12.5. The van der Waals surface area contributed by atoms with E-state index < -0.39 is 34.1 Å². The van der Waals surface area contributed by atoms with Crippen molar-refractivity contribution in [2.75, 3.05) is 30.4 Å². The van der Waals surface area contributed by atoms with Gasteiger partial charge in [0.15, 0.2) is 17.7 Å². The Balaban J connectivity index is 1.35. The van der Waals surface area contributed by atoms with Crippen molar-refractivity contribution < 1.29 is 36.9 Å². The Kier molecular flexibility index (Phi) is 7.64. The molecule has 212 valence electrons. The Hall–Kier alpha value is -3.78. The zero-order chi connectivity index (χ0) is 28.5. The molecular weight excluding hydrogens is 540 g/mol. The smallest absolute Gasteiger partial charge is 0.321 e. The Morgan fingerprint density at radius 2 is 1.77 bits per heavy atom. The number of sulfonamides is 1. The minimum atomic E-state index is -4.03. The molecule has 13 heteroatoms. The van der Waals surface area contributed by atoms with Gasteiger partial charge in [0.1, 0.15) is 12.1 Å². The summed E-state index contributed by atoms with van der Waals surface area (Å²) in [6.07, 6.45) is -1.17. The van der Waals surface area contributed by atoms with Gasteiger partial charge in [-0.1, -0.05) is 30.3 Å². The minimum absolute atomic E-state index is 0.0230. The van der Waals surface area contributed by atoms with E-state index >= 15 is 0 Å². The van der Waals surface area contributed by atoms with Crippen molar-refractivity contribution in [1.82, 2.24) is 9.97 Å². The van der Waals surface area contributed by atoms with Gasteiger partial charge < -0.3 is 28.6 Å². The standard InChI is InChI=1S/C27H30N4O8S/c1-27(2)38-16-20(39-27)23-24(37-15-17-8-6-5-7-9-17)25(32)31(23)18-10-12-19(13-11-18)40(33,34)30-21-14-22(35-3)29-26(28-21)36-4/h5-14,20,23-24H,15-16H2,1-4H3,(H,28,29,30)/t20-,23?,24?/m0/s1. The van der Waals surface area contributed by atoms with E-state index in [1.54, 1.807) is 17.0 Å². The van der Waals surface area contributed by atoms with Gasteiger partial charge in [-0.05, 0) is 43.7 Å². The lowest BCUT2D eigenvalue weighted by Gasteiger charge is -2.48. The lowest BCUT2D eigenvalue weighted by Crippen LogP contribution is -2.70. The molecule has 0 aliphatic carbocycles. The van der Waals surface area contributed by atoms with E-state index in [0.29, 0.717) is 5.69 Å². The highest BCUT2D eigenvalue weighted by atomic mass is 32.2. The molecule has 2 aromatic carbocycles. The van der Waals surface area contributed by atoms with Crippen LogP contribution in [0.4, 0.5) is 11.5 Å². The summed E-state index contributed by atoms with van der Waals surface area (Å²) in [6.45, 7) is 4.18. The van der Waals surface area contributed by atoms with Gasteiger partial charge in [0.05, 0.1) is 32.3 Å². The number of ether oxygens (including phenoxy) is 5. The Morgan fingerprint density at radius 1 is 1.05 bits per heavy atom. The van der Waals surface area contributed by atoms with Gasteiger partial charge in [-0.3, -0.25) is 9.52 Å². The van der Waals surface area contributed by atoms with Crippen molar-refractivity contribution in [2.24, 2.45) is 0 Å². The van der Waals surface area contributed by atoms with E-state index in [-0.39, 0.29) is 41.7 Å². The molecule has 2 aliphatic rings. The summed E-state index contributed by atoms with van der Waals surface area (Å²) in [6, 6.07) is 16.3. The number of β-lactam (4-membered cyclic amide) rings is 1. The lowest BCUT2D eigenvalue weighted by atomic mass is 9.91. The van der Waals surface area contributed by atoms with Crippen LogP contribution in [0.25, 0.3) is 0 Å². The number of hydrogen-bond donors (Lipinski definition) is 1. The van der Waals surface area contributed by atoms with E-state index in [9.17, 15) is 13.2 Å². The molecular formula is C27H30N4O8S. The maximum atomic E-state index is 13.3. The average Bonchev–Trinajstić information content (AvgIpc) is 3.30. The van der Waals surface area contributed by atoms with Gasteiger partial charge >= 0.3 is 6.01 Å². The minimum Gasteiger partial charge on any atom is -0.481 e. The predicted molar refractivity (Wildman–Crippen MR) is 144 cm³/mol. The second-order valence-corrected chi connectivity index (χ2v) is 11.3. The molecule has 3 aromatic rings. The molecule has 2 aliphatic heterocycles. The van der Waals surface area contributed by atoms with Crippen LogP contribution < -0.4 is 19.1 Å². The molecule has 0 bridgehead atoms. The van der Waals surface area contributed by atoms with Crippen LogP contribution in [-0.4, -0.2) is 69.2 Å². The summed E-state index contributed by atoms with van der Waals surface area (Å²) >= 11 is 0. The number of amides is 1. The number of rotatable bonds is 10. The second-order valence-electron chi connectivity index (χ2n) is 9.66. The SMILES string of the molecule is COc1cc(NS(=O)(=O)c2ccc(N3C(=O)C(OCc4ccccc4)C3[C@@H]3COC(C)(C)O3)cc2)nc(OC)n1. The van der Waals surface area contributed by atoms with Gasteiger partial charge in [0.25, 0.3) is 15.9 Å². The van der Waals surface area contributed by atoms with Crippen LogP contribution in [0.2, 0.25) is 0 Å². The van der Waals surface area contributed by atoms with Gasteiger partial charge in [0.2, 0.25) is 5.88 Å². The third kappa shape index (κ3) is 5.72. The van der Waals surface area contributed by atoms with E-state index in [0.717, 1.165) is 5.56 Å². The summed E-state index contributed by atoms with van der Waals surface area (Å²) in [5.41, 5.74) is 1.45. The predicted octanol–water partition coefficient (Wildman–Crippen LogP) is 2.75. The molecule has 40 heavy (non-hydrogen) atoms. The summed E-state index contributed by atoms with van der Waals surface area (Å²) in [5, 5.41) is 0. The molecule has 0 spiro atoms. The first-order chi connectivity index (χ1) is 19.1. The number of benzene rings is 2. The fourth-order valence-electron chi connectivity index (χ4n) is 4.59. The second kappa shape index (κ2) is 11.0. The molecule has 12 nitrogen and oxygen atoms in total. The summed E-state index contributed by atoms with van der Waals surface area (Å²) in [4.78, 5) is 22.8. The first kappa shape index (κ1) is 27.8. The number of methoxy groups -OCH3 is 2. The number of carbonyl (C=O) groups excluding carboxylic acids is 1. The fourth-order valence-corrected chi connectivity index (χ4v) is 5.58. The van der Waals surface area contributed by atoms with E-state index in [1.165, 1.54) is 32.4 Å². The van der Waals surface area contributed by atoms with Crippen molar-refractivity contribution in [3.05, 3.63) is 66.2 Å². The van der Waals surface area contributed by atoms with Crippen LogP contribution in [-0.2, 0) is 35.6 Å². The Morgan fingerprint density at radius 3 is 2.40 bits per heavy atom. The molecule has 1 amide bonds. The number of nitrogens with one attached hydrogen (secondary N) is 1. The summed E-state index contributed by atoms with van der Waals surface area (Å²) in [7, 11) is -1.28. The molecule has 2 fully saturated rings. The van der Waals surface area contributed by atoms with Crippen molar-refractivity contribution >= 4 is 27.4 Å². The quantitative estimate of drug-likeness (QED) is 0.362. The van der Waals surface area contributed by atoms with Gasteiger partial charge in [-0.15, -0.1) is 0 Å². The molecule has 1 N–H and O–H groups in total. The number of carbonyl (C=O) groups is 1. The van der Waals surface area contributed by atoms with Crippen LogP contribution in [0.1, 0.15) is 19.4 Å². The van der Waals surface area contributed by atoms with Crippen LogP contribution in [0.15, 0.2) is 65.6 Å². The van der Waals surface area contributed by atoms with Gasteiger partial charge in [0, 0.05) is 11.8 Å². The normalized spacial score (nSPS) is 22.1. The zero-order valence-corrected chi connectivity index (χ0v) is 23.3. The van der Waals surface area contributed by atoms with Crippen LogP contribution in [0.3, 0.4) is 0 Å². The van der Waals surface area contributed by atoms with Crippen LogP contribution in [0.5, 0.6) is 11.9 Å². The molecule has 1 aromatic heterocycles. The van der Waals surface area contributed by atoms with E-state index in [4.69, 9.17) is 23.7 Å². The molecule has 2 unspecified atom stereocenters. The van der Waals surface area contributed by atoms with E-state index in [2.05, 4.69) is 14.7 Å². The molecule has 0 radical (unpaired) electrons. The molecule has 5 rings (SSSR count). The molecule has 0 saturated carbocycles. The van der Waals surface area contributed by atoms with Crippen molar-refractivity contribution in [1.29, 1.82) is 0 Å². The summed E-state index contributed by atoms with van der Waals surface area (Å²) in [5.74, 6) is -0.935. The third-order valence-corrected chi connectivity index (χ3v) is 7.88. The van der Waals surface area contributed by atoms with Crippen molar-refractivity contribution in [3.63, 3.8) is 0 Å². The van der Waals surface area contributed by atoms with Crippen molar-refractivity contribution in [3.8, 4) is 11.9 Å². The van der Waals surface area contributed by atoms with Crippen LogP contribution in [0, 0.1) is 0 Å². The van der Waals surface area contributed by atoms with Crippen molar-refractivity contribution in [2.45, 2.75) is 49.4 Å². The summed E-state index contributed by atoms with van der Waals surface area (Å²) < 4.78 is 56.5. The lowest BCUT2D eigenvalue weighted by molar-refractivity contribution is -0.164. The maximum absolute atomic E-state index is 13.3. The number of hydrogen-bond acceptors (Lipinski definition) is 10. The van der Waals surface area contributed by atoms with Crippen LogP contribution >= 0.6 is 0 Å². The highest BCUT2D eigenvalue weighted by molar-refractivity contribution is 7.92. The molecule has 3 atom stereocenters. The topological polar surface area (TPSA) is 138 Å². The zero-order valence-electron chi connectivity index (χ0n) is 22.4. The maximum Gasteiger partial charge on any atom is 0.321 e. The molecule has 2 saturated heterocycles. The highest BCUT2D eigenvalue weighted by Gasteiger charge is 2.56. The fraction of sp³-hybridized carbons (Fsp3) is 0.370.